The van der Waals surface area contributed by atoms with Gasteiger partial charge in [-0.15, -0.1) is 0 Å². The third-order valence-electron chi connectivity index (χ3n) is 9.64. The summed E-state index contributed by atoms with van der Waals surface area (Å²) in [6.07, 6.45) is 7.02. The van der Waals surface area contributed by atoms with Crippen LogP contribution in [0.3, 0.4) is 0 Å². The van der Waals surface area contributed by atoms with Crippen molar-refractivity contribution in [2.45, 2.75) is 58.9 Å². The van der Waals surface area contributed by atoms with Gasteiger partial charge in [-0.05, 0) is 67.3 Å². The molecule has 3 aromatic rings. The van der Waals surface area contributed by atoms with Crippen LogP contribution in [0.25, 0.3) is 17.5 Å². The predicted octanol–water partition coefficient (Wildman–Crippen LogP) is 6.04. The summed E-state index contributed by atoms with van der Waals surface area (Å²) in [7, 11) is -3.59. The lowest BCUT2D eigenvalue weighted by atomic mass is 9.69. The molecule has 1 aliphatic heterocycles. The molecule has 1 amide bonds. The van der Waals surface area contributed by atoms with Crippen LogP contribution < -0.4 is 4.74 Å². The van der Waals surface area contributed by atoms with Crippen LogP contribution in [0.1, 0.15) is 56.5 Å². The van der Waals surface area contributed by atoms with Crippen molar-refractivity contribution in [2.24, 2.45) is 16.7 Å². The van der Waals surface area contributed by atoms with Gasteiger partial charge in [-0.2, -0.15) is 0 Å². The lowest BCUT2D eigenvalue weighted by molar-refractivity contribution is -0.128. The molecule has 40 heavy (non-hydrogen) atoms. The molecule has 3 fully saturated rings. The number of nitrogens with zero attached hydrogens (tertiary/aromatic N) is 2. The lowest BCUT2D eigenvalue weighted by Crippen LogP contribution is -2.44. The Labute approximate surface area is 236 Å². The summed E-state index contributed by atoms with van der Waals surface area (Å²) in [4.78, 5) is 17.8. The van der Waals surface area contributed by atoms with Crippen molar-refractivity contribution in [3.8, 4) is 17.2 Å². The van der Waals surface area contributed by atoms with Crippen LogP contribution in [0, 0.1) is 23.7 Å². The van der Waals surface area contributed by atoms with E-state index >= 15 is 0 Å². The first-order chi connectivity index (χ1) is 19.1. The molecule has 2 heterocycles. The van der Waals surface area contributed by atoms with E-state index in [4.69, 9.17) is 9.15 Å². The minimum Gasteiger partial charge on any atom is -0.493 e. The monoisotopic (exact) mass is 560 g/mol. The standard InChI is InChI=1S/C32H36N2O5S/c1-22-27(33-30(39-22)24-11-5-4-6-12-24)16-18-38-26-13-7-9-23(19-26)10-8-14-29(35)34-28-20-25-15-17-32(28,31(25,2)3)21-40(34,36)37/h4-13,19,25,28H,14-18,20-21H2,1-3H3/t25?,28-,32-/m1/s1. The molecule has 1 aromatic heterocycles. The summed E-state index contributed by atoms with van der Waals surface area (Å²) in [6, 6.07) is 17.2. The molecule has 7 nitrogen and oxygen atoms in total. The number of carbonyl (C=O) groups is 1. The van der Waals surface area contributed by atoms with Gasteiger partial charge in [0.2, 0.25) is 21.8 Å². The zero-order chi connectivity index (χ0) is 28.1. The lowest BCUT2D eigenvalue weighted by Gasteiger charge is -2.37. The van der Waals surface area contributed by atoms with Gasteiger partial charge in [-0.1, -0.05) is 56.3 Å². The average Bonchev–Trinajstić information content (AvgIpc) is 3.55. The van der Waals surface area contributed by atoms with Crippen LogP contribution in [0.5, 0.6) is 5.75 Å². The van der Waals surface area contributed by atoms with E-state index in [9.17, 15) is 13.2 Å². The highest BCUT2D eigenvalue weighted by Gasteiger charge is 2.72. The zero-order valence-electron chi connectivity index (χ0n) is 23.3. The highest BCUT2D eigenvalue weighted by Crippen LogP contribution is 2.70. The highest BCUT2D eigenvalue weighted by atomic mass is 32.2. The second-order valence-electron chi connectivity index (χ2n) is 12.0. The fourth-order valence-electron chi connectivity index (χ4n) is 7.34. The van der Waals surface area contributed by atoms with Crippen molar-refractivity contribution < 1.29 is 22.4 Å². The average molecular weight is 561 g/mol. The number of hydrogen-bond acceptors (Lipinski definition) is 6. The van der Waals surface area contributed by atoms with Crippen molar-refractivity contribution in [3.63, 3.8) is 0 Å². The Morgan fingerprint density at radius 3 is 2.75 bits per heavy atom. The normalized spacial score (nSPS) is 25.9. The fraction of sp³-hybridized carbons (Fsp3) is 0.438. The fourth-order valence-corrected chi connectivity index (χ4v) is 9.90. The first kappa shape index (κ1) is 26.8. The molecular formula is C32H36N2O5S. The van der Waals surface area contributed by atoms with Gasteiger partial charge in [0, 0.05) is 23.8 Å². The topological polar surface area (TPSA) is 89.7 Å². The molecule has 3 aliphatic rings. The van der Waals surface area contributed by atoms with Crippen LogP contribution in [0.2, 0.25) is 0 Å². The maximum absolute atomic E-state index is 13.2. The number of rotatable bonds is 8. The number of benzene rings is 2. The van der Waals surface area contributed by atoms with Gasteiger partial charge in [0.05, 0.1) is 24.1 Å². The van der Waals surface area contributed by atoms with Gasteiger partial charge in [0.25, 0.3) is 0 Å². The maximum Gasteiger partial charge on any atom is 0.240 e. The molecule has 2 saturated carbocycles. The molecule has 210 valence electrons. The van der Waals surface area contributed by atoms with E-state index in [1.807, 2.05) is 67.6 Å². The predicted molar refractivity (Wildman–Crippen MR) is 154 cm³/mol. The molecule has 3 atom stereocenters. The minimum absolute atomic E-state index is 0.0490. The third-order valence-corrected chi connectivity index (χ3v) is 11.6. The molecule has 1 unspecified atom stereocenters. The molecule has 1 spiro atoms. The molecule has 8 heteroatoms. The SMILES string of the molecule is Cc1oc(-c2ccccc2)nc1CCOc1cccc(C=CCC(=O)N2[C@@H]3CC4CC[C@]3(CS2(=O)=O)C4(C)C)c1. The Balaban J connectivity index is 1.06. The van der Waals surface area contributed by atoms with Crippen LogP contribution in [0.4, 0.5) is 0 Å². The van der Waals surface area contributed by atoms with E-state index in [2.05, 4.69) is 18.8 Å². The number of oxazole rings is 1. The molecule has 0 N–H and O–H groups in total. The van der Waals surface area contributed by atoms with Crippen molar-refractivity contribution >= 4 is 22.0 Å². The van der Waals surface area contributed by atoms with E-state index in [1.54, 1.807) is 6.08 Å². The first-order valence-corrected chi connectivity index (χ1v) is 15.7. The first-order valence-electron chi connectivity index (χ1n) is 14.1. The number of amides is 1. The van der Waals surface area contributed by atoms with Gasteiger partial charge in [0.1, 0.15) is 11.5 Å². The second-order valence-corrected chi connectivity index (χ2v) is 13.8. The molecule has 1 saturated heterocycles. The maximum atomic E-state index is 13.2. The Morgan fingerprint density at radius 2 is 1.98 bits per heavy atom. The summed E-state index contributed by atoms with van der Waals surface area (Å²) in [5, 5.41) is 0. The molecule has 2 bridgehead atoms. The molecule has 2 aliphatic carbocycles. The second kappa shape index (κ2) is 9.91. The van der Waals surface area contributed by atoms with Crippen LogP contribution in [0.15, 0.2) is 65.1 Å². The van der Waals surface area contributed by atoms with E-state index < -0.39 is 10.0 Å². The van der Waals surface area contributed by atoms with Gasteiger partial charge >= 0.3 is 0 Å². The van der Waals surface area contributed by atoms with E-state index in [0.29, 0.717) is 30.6 Å². The van der Waals surface area contributed by atoms with Crippen LogP contribution in [-0.4, -0.2) is 42.0 Å². The van der Waals surface area contributed by atoms with E-state index in [1.165, 1.54) is 4.31 Å². The number of aryl methyl sites for hydroxylation is 1. The van der Waals surface area contributed by atoms with Crippen molar-refractivity contribution in [3.05, 3.63) is 77.7 Å². The number of fused-ring (bicyclic) bond motifs is 1. The smallest absolute Gasteiger partial charge is 0.240 e. The van der Waals surface area contributed by atoms with Gasteiger partial charge in [-0.3, -0.25) is 4.79 Å². The van der Waals surface area contributed by atoms with Gasteiger partial charge < -0.3 is 9.15 Å². The largest absolute Gasteiger partial charge is 0.493 e. The summed E-state index contributed by atoms with van der Waals surface area (Å²) in [5.74, 6) is 2.36. The van der Waals surface area contributed by atoms with Crippen molar-refractivity contribution in [1.29, 1.82) is 0 Å². The Bertz CT molecular complexity index is 1560. The summed E-state index contributed by atoms with van der Waals surface area (Å²) < 4.78 is 39.3. The zero-order valence-corrected chi connectivity index (χ0v) is 24.1. The summed E-state index contributed by atoms with van der Waals surface area (Å²) >= 11 is 0. The van der Waals surface area contributed by atoms with Crippen LogP contribution in [-0.2, 0) is 21.2 Å². The number of carbonyl (C=O) groups excluding carboxylic acids is 1. The number of hydrogen-bond donors (Lipinski definition) is 0. The molecule has 0 radical (unpaired) electrons. The van der Waals surface area contributed by atoms with Crippen molar-refractivity contribution in [2.75, 3.05) is 12.4 Å². The van der Waals surface area contributed by atoms with Gasteiger partial charge in [0.15, 0.2) is 0 Å². The highest BCUT2D eigenvalue weighted by molar-refractivity contribution is 7.90. The number of aromatic nitrogens is 1. The molecule has 2 aromatic carbocycles. The van der Waals surface area contributed by atoms with Crippen LogP contribution >= 0.6 is 0 Å². The Hall–Kier alpha value is -3.39. The third kappa shape index (κ3) is 4.46. The number of ether oxygens (including phenoxy) is 1. The molecular weight excluding hydrogens is 524 g/mol. The summed E-state index contributed by atoms with van der Waals surface area (Å²) in [5.41, 5.74) is 2.35. The summed E-state index contributed by atoms with van der Waals surface area (Å²) in [6.45, 7) is 6.74. The number of sulfonamides is 1. The van der Waals surface area contributed by atoms with E-state index in [-0.39, 0.29) is 35.0 Å². The minimum atomic E-state index is -3.59. The quantitative estimate of drug-likeness (QED) is 0.334. The van der Waals surface area contributed by atoms with Gasteiger partial charge in [-0.25, -0.2) is 17.7 Å². The molecule has 6 rings (SSSR count). The Morgan fingerprint density at radius 1 is 1.18 bits per heavy atom. The van der Waals surface area contributed by atoms with Crippen molar-refractivity contribution in [1.82, 2.24) is 9.29 Å². The van der Waals surface area contributed by atoms with E-state index in [0.717, 1.165) is 41.8 Å². The Kier molecular flexibility index (Phi) is 6.64.